The van der Waals surface area contributed by atoms with Crippen LogP contribution in [0.15, 0.2) is 41.3 Å². The zero-order valence-corrected chi connectivity index (χ0v) is 14.8. The first kappa shape index (κ1) is 16.9. The van der Waals surface area contributed by atoms with E-state index < -0.39 is 10.0 Å². The maximum atomic E-state index is 12.4. The number of likely N-dealkylation sites (N-methyl/N-ethyl adjacent to an activating group) is 1. The number of hydrogen-bond acceptors (Lipinski definition) is 6. The van der Waals surface area contributed by atoms with Gasteiger partial charge < -0.3 is 9.80 Å². The largest absolute Gasteiger partial charge is 0.353 e. The Balaban J connectivity index is 1.73. The van der Waals surface area contributed by atoms with Crippen LogP contribution in [-0.4, -0.2) is 56.7 Å². The molecule has 7 nitrogen and oxygen atoms in total. The Hall–Kier alpha value is -1.90. The highest BCUT2D eigenvalue weighted by molar-refractivity contribution is 7.92. The quantitative estimate of drug-likeness (QED) is 0.885. The van der Waals surface area contributed by atoms with Crippen molar-refractivity contribution in [2.75, 3.05) is 42.8 Å². The van der Waals surface area contributed by atoms with Gasteiger partial charge in [0.15, 0.2) is 11.6 Å². The van der Waals surface area contributed by atoms with Crippen molar-refractivity contribution >= 4 is 33.3 Å². The molecule has 2 aromatic rings. The molecule has 128 valence electrons. The highest BCUT2D eigenvalue weighted by atomic mass is 35.5. The molecule has 2 heterocycles. The van der Waals surface area contributed by atoms with E-state index in [9.17, 15) is 8.42 Å². The van der Waals surface area contributed by atoms with Gasteiger partial charge in [0.2, 0.25) is 0 Å². The minimum Gasteiger partial charge on any atom is -0.353 e. The lowest BCUT2D eigenvalue weighted by Gasteiger charge is -2.32. The van der Waals surface area contributed by atoms with E-state index in [1.54, 1.807) is 24.3 Å². The lowest BCUT2D eigenvalue weighted by Crippen LogP contribution is -2.44. The Labute approximate surface area is 146 Å². The molecule has 0 unspecified atom stereocenters. The smallest absolute Gasteiger partial charge is 0.264 e. The molecule has 1 aromatic heterocycles. The molecule has 1 fully saturated rings. The average Bonchev–Trinajstić information content (AvgIpc) is 2.56. The molecule has 0 amide bonds. The molecule has 24 heavy (non-hydrogen) atoms. The summed E-state index contributed by atoms with van der Waals surface area (Å²) in [7, 11) is -1.71. The first-order valence-corrected chi connectivity index (χ1v) is 9.36. The van der Waals surface area contributed by atoms with Crippen LogP contribution in [-0.2, 0) is 10.0 Å². The summed E-state index contributed by atoms with van der Waals surface area (Å²) in [5.74, 6) is 0.900. The van der Waals surface area contributed by atoms with E-state index in [-0.39, 0.29) is 15.7 Å². The van der Waals surface area contributed by atoms with Crippen LogP contribution >= 0.6 is 11.6 Å². The Kier molecular flexibility index (Phi) is 4.88. The van der Waals surface area contributed by atoms with E-state index in [0.717, 1.165) is 32.0 Å². The first-order chi connectivity index (χ1) is 11.5. The van der Waals surface area contributed by atoms with Crippen LogP contribution < -0.4 is 9.62 Å². The van der Waals surface area contributed by atoms with Gasteiger partial charge >= 0.3 is 0 Å². The Morgan fingerprint density at radius 1 is 1.04 bits per heavy atom. The number of halogens is 1. The molecule has 0 bridgehead atoms. The molecule has 0 atom stereocenters. The van der Waals surface area contributed by atoms with Gasteiger partial charge in [-0.25, -0.2) is 8.42 Å². The zero-order chi connectivity index (χ0) is 17.2. The van der Waals surface area contributed by atoms with Gasteiger partial charge in [0.05, 0.1) is 5.02 Å². The molecule has 0 radical (unpaired) electrons. The van der Waals surface area contributed by atoms with Crippen molar-refractivity contribution in [1.29, 1.82) is 0 Å². The van der Waals surface area contributed by atoms with Gasteiger partial charge in [0.1, 0.15) is 4.90 Å². The molecule has 1 N–H and O–H groups in total. The predicted molar refractivity (Wildman–Crippen MR) is 94.0 cm³/mol. The van der Waals surface area contributed by atoms with Crippen LogP contribution in [0.5, 0.6) is 0 Å². The maximum absolute atomic E-state index is 12.4. The van der Waals surface area contributed by atoms with Gasteiger partial charge in [-0.1, -0.05) is 23.7 Å². The molecule has 1 aliphatic heterocycles. The van der Waals surface area contributed by atoms with Crippen molar-refractivity contribution in [3.63, 3.8) is 0 Å². The van der Waals surface area contributed by atoms with Crippen LogP contribution in [0.2, 0.25) is 5.02 Å². The van der Waals surface area contributed by atoms with Crippen molar-refractivity contribution in [3.05, 3.63) is 41.4 Å². The zero-order valence-electron chi connectivity index (χ0n) is 13.2. The summed E-state index contributed by atoms with van der Waals surface area (Å²) in [6, 6.07) is 9.63. The molecular formula is C15H18ClN5O2S. The summed E-state index contributed by atoms with van der Waals surface area (Å²) in [6.07, 6.45) is 0. The lowest BCUT2D eigenvalue weighted by atomic mass is 10.3. The number of nitrogens with one attached hydrogen (secondary N) is 1. The second-order valence-electron chi connectivity index (χ2n) is 5.60. The summed E-state index contributed by atoms with van der Waals surface area (Å²) in [4.78, 5) is 4.38. The normalized spacial score (nSPS) is 16.2. The minimum atomic E-state index is -3.79. The highest BCUT2D eigenvalue weighted by Crippen LogP contribution is 2.23. The number of benzene rings is 1. The highest BCUT2D eigenvalue weighted by Gasteiger charge is 2.19. The summed E-state index contributed by atoms with van der Waals surface area (Å²) in [5, 5.41) is 8.26. The fraction of sp³-hybridized carbons (Fsp3) is 0.333. The summed E-state index contributed by atoms with van der Waals surface area (Å²) < 4.78 is 27.1. The van der Waals surface area contributed by atoms with Crippen LogP contribution in [0.3, 0.4) is 0 Å². The monoisotopic (exact) mass is 367 g/mol. The molecular weight excluding hydrogens is 350 g/mol. The minimum absolute atomic E-state index is 0.0108. The van der Waals surface area contributed by atoms with Gasteiger partial charge in [-0.15, -0.1) is 10.2 Å². The summed E-state index contributed by atoms with van der Waals surface area (Å²) in [5.41, 5.74) is 0. The number of rotatable bonds is 4. The number of hydrogen-bond donors (Lipinski definition) is 1. The van der Waals surface area contributed by atoms with Gasteiger partial charge in [-0.05, 0) is 31.3 Å². The lowest BCUT2D eigenvalue weighted by molar-refractivity contribution is 0.312. The molecule has 1 saturated heterocycles. The molecule has 9 heteroatoms. The Morgan fingerprint density at radius 3 is 2.38 bits per heavy atom. The molecule has 1 aliphatic rings. The van der Waals surface area contributed by atoms with Gasteiger partial charge in [0, 0.05) is 26.2 Å². The second kappa shape index (κ2) is 6.92. The van der Waals surface area contributed by atoms with E-state index in [1.807, 2.05) is 0 Å². The van der Waals surface area contributed by atoms with E-state index in [1.165, 1.54) is 12.1 Å². The van der Waals surface area contributed by atoms with E-state index in [2.05, 4.69) is 31.8 Å². The molecule has 1 aromatic carbocycles. The van der Waals surface area contributed by atoms with Crippen LogP contribution in [0.4, 0.5) is 11.6 Å². The molecule has 0 saturated carbocycles. The molecule has 3 rings (SSSR count). The van der Waals surface area contributed by atoms with Crippen LogP contribution in [0.1, 0.15) is 0 Å². The average molecular weight is 368 g/mol. The summed E-state index contributed by atoms with van der Waals surface area (Å²) >= 11 is 5.95. The third kappa shape index (κ3) is 3.77. The number of anilines is 2. The Bertz CT molecular complexity index is 805. The number of piperazine rings is 1. The SMILES string of the molecule is CN1CCN(c2ccc(NS(=O)(=O)c3ccccc3Cl)nn2)CC1. The van der Waals surface area contributed by atoms with Gasteiger partial charge in [-0.2, -0.15) is 0 Å². The van der Waals surface area contributed by atoms with Crippen molar-refractivity contribution in [3.8, 4) is 0 Å². The van der Waals surface area contributed by atoms with Crippen LogP contribution in [0.25, 0.3) is 0 Å². The Morgan fingerprint density at radius 2 is 1.75 bits per heavy atom. The van der Waals surface area contributed by atoms with E-state index >= 15 is 0 Å². The first-order valence-electron chi connectivity index (χ1n) is 7.50. The standard InChI is InChI=1S/C15H18ClN5O2S/c1-20-8-10-21(11-9-20)15-7-6-14(17-18-15)19-24(22,23)13-5-3-2-4-12(13)16/h2-7H,8-11H2,1H3,(H,17,19). The fourth-order valence-corrected chi connectivity index (χ4v) is 3.96. The maximum Gasteiger partial charge on any atom is 0.264 e. The number of nitrogens with zero attached hydrogens (tertiary/aromatic N) is 4. The summed E-state index contributed by atoms with van der Waals surface area (Å²) in [6.45, 7) is 3.66. The number of sulfonamides is 1. The number of aromatic nitrogens is 2. The molecule has 0 aliphatic carbocycles. The topological polar surface area (TPSA) is 78.4 Å². The van der Waals surface area contributed by atoms with Gasteiger partial charge in [0.25, 0.3) is 10.0 Å². The predicted octanol–water partition coefficient (Wildman–Crippen LogP) is 1.68. The van der Waals surface area contributed by atoms with E-state index in [4.69, 9.17) is 11.6 Å². The van der Waals surface area contributed by atoms with Gasteiger partial charge in [-0.3, -0.25) is 4.72 Å². The van der Waals surface area contributed by atoms with Crippen molar-refractivity contribution in [1.82, 2.24) is 15.1 Å². The van der Waals surface area contributed by atoms with Crippen molar-refractivity contribution in [2.24, 2.45) is 0 Å². The third-order valence-corrected chi connectivity index (χ3v) is 5.70. The third-order valence-electron chi connectivity index (χ3n) is 3.84. The van der Waals surface area contributed by atoms with Crippen molar-refractivity contribution < 1.29 is 8.42 Å². The van der Waals surface area contributed by atoms with Crippen molar-refractivity contribution in [2.45, 2.75) is 4.90 Å². The molecule has 0 spiro atoms. The van der Waals surface area contributed by atoms with E-state index in [0.29, 0.717) is 0 Å². The second-order valence-corrected chi connectivity index (χ2v) is 7.66. The van der Waals surface area contributed by atoms with Crippen LogP contribution in [0, 0.1) is 0 Å². The fourth-order valence-electron chi connectivity index (χ4n) is 2.44.